The van der Waals surface area contributed by atoms with Gasteiger partial charge in [0.15, 0.2) is 5.75 Å². The number of methoxy groups -OCH3 is 1. The lowest BCUT2D eigenvalue weighted by atomic mass is 10.1. The number of carbonyl (C=O) groups excluding carboxylic acids is 2. The summed E-state index contributed by atoms with van der Waals surface area (Å²) >= 11 is 0. The number of ether oxygens (including phenoxy) is 1. The number of para-hydroxylation sites is 1. The van der Waals surface area contributed by atoms with Crippen LogP contribution in [0.2, 0.25) is 0 Å². The number of nitrogens with one attached hydrogen (secondary N) is 3. The van der Waals surface area contributed by atoms with Gasteiger partial charge < -0.3 is 20.7 Å². The van der Waals surface area contributed by atoms with Crippen molar-refractivity contribution in [3.8, 4) is 17.0 Å². The molecule has 2 heterocycles. The zero-order valence-electron chi connectivity index (χ0n) is 17.6. The monoisotopic (exact) mass is 420 g/mol. The van der Waals surface area contributed by atoms with Gasteiger partial charge in [-0.3, -0.25) is 14.3 Å². The molecule has 1 aliphatic carbocycles. The molecule has 0 unspecified atom stereocenters. The Morgan fingerprint density at radius 2 is 2.00 bits per heavy atom. The largest absolute Gasteiger partial charge is 0.494 e. The molecule has 0 aliphatic heterocycles. The topological polar surface area (TPSA) is 110 Å². The van der Waals surface area contributed by atoms with Gasteiger partial charge in [0, 0.05) is 44.0 Å². The highest BCUT2D eigenvalue weighted by Gasteiger charge is 2.30. The van der Waals surface area contributed by atoms with E-state index in [1.54, 1.807) is 24.9 Å². The number of hydrogen-bond donors (Lipinski definition) is 3. The van der Waals surface area contributed by atoms with Gasteiger partial charge >= 0.3 is 0 Å². The Kier molecular flexibility index (Phi) is 5.57. The third-order valence-electron chi connectivity index (χ3n) is 5.05. The highest BCUT2D eigenvalue weighted by molar-refractivity contribution is 6.01. The number of aromatic nitrogens is 3. The molecule has 9 heteroatoms. The maximum atomic E-state index is 12.4. The predicted molar refractivity (Wildman–Crippen MR) is 117 cm³/mol. The molecule has 1 aromatic carbocycles. The molecule has 2 amide bonds. The molecule has 2 aromatic heterocycles. The highest BCUT2D eigenvalue weighted by atomic mass is 16.5. The molecule has 0 radical (unpaired) electrons. The van der Waals surface area contributed by atoms with Crippen LogP contribution in [0.3, 0.4) is 0 Å². The number of carbonyl (C=O) groups is 2. The molecule has 4 rings (SSSR count). The summed E-state index contributed by atoms with van der Waals surface area (Å²) in [5, 5.41) is 13.2. The third kappa shape index (κ3) is 4.35. The molecule has 1 saturated carbocycles. The van der Waals surface area contributed by atoms with E-state index in [2.05, 4.69) is 26.0 Å². The third-order valence-corrected chi connectivity index (χ3v) is 5.05. The maximum Gasteiger partial charge on any atom is 0.254 e. The second-order valence-corrected chi connectivity index (χ2v) is 7.34. The van der Waals surface area contributed by atoms with Crippen LogP contribution in [-0.4, -0.2) is 40.7 Å². The Bertz CT molecular complexity index is 1140. The summed E-state index contributed by atoms with van der Waals surface area (Å²) in [6, 6.07) is 9.19. The number of hydrogen-bond acceptors (Lipinski definition) is 6. The van der Waals surface area contributed by atoms with Gasteiger partial charge in [-0.2, -0.15) is 5.10 Å². The fraction of sp³-hybridized carbons (Fsp3) is 0.273. The van der Waals surface area contributed by atoms with E-state index < -0.39 is 0 Å². The molecular weight excluding hydrogens is 396 g/mol. The molecule has 9 nitrogen and oxygen atoms in total. The average molecular weight is 420 g/mol. The molecule has 3 aromatic rings. The van der Waals surface area contributed by atoms with Crippen LogP contribution in [0.15, 0.2) is 42.7 Å². The van der Waals surface area contributed by atoms with Gasteiger partial charge in [0.2, 0.25) is 5.91 Å². The van der Waals surface area contributed by atoms with Crippen molar-refractivity contribution < 1.29 is 14.3 Å². The van der Waals surface area contributed by atoms with Crippen LogP contribution in [0.5, 0.6) is 5.75 Å². The number of benzene rings is 1. The number of rotatable bonds is 7. The summed E-state index contributed by atoms with van der Waals surface area (Å²) in [4.78, 5) is 28.8. The predicted octanol–water partition coefficient (Wildman–Crippen LogP) is 2.94. The lowest BCUT2D eigenvalue weighted by Gasteiger charge is -2.17. The normalized spacial score (nSPS) is 12.9. The van der Waals surface area contributed by atoms with E-state index in [9.17, 15) is 9.59 Å². The summed E-state index contributed by atoms with van der Waals surface area (Å²) in [7, 11) is 4.99. The van der Waals surface area contributed by atoms with Crippen LogP contribution in [-0.2, 0) is 11.8 Å². The lowest BCUT2D eigenvalue weighted by Crippen LogP contribution is -2.20. The van der Waals surface area contributed by atoms with Crippen molar-refractivity contribution in [3.05, 3.63) is 48.3 Å². The first-order valence-corrected chi connectivity index (χ1v) is 9.97. The van der Waals surface area contributed by atoms with Gasteiger partial charge in [0.25, 0.3) is 5.91 Å². The van der Waals surface area contributed by atoms with Crippen molar-refractivity contribution in [1.29, 1.82) is 0 Å². The first-order chi connectivity index (χ1) is 15.0. The zero-order chi connectivity index (χ0) is 22.0. The quantitative estimate of drug-likeness (QED) is 0.542. The number of pyridine rings is 1. The second-order valence-electron chi connectivity index (χ2n) is 7.34. The molecule has 0 bridgehead atoms. The molecule has 160 valence electrons. The van der Waals surface area contributed by atoms with Crippen molar-refractivity contribution in [1.82, 2.24) is 20.1 Å². The fourth-order valence-corrected chi connectivity index (χ4v) is 3.28. The van der Waals surface area contributed by atoms with Crippen LogP contribution >= 0.6 is 0 Å². The first-order valence-electron chi connectivity index (χ1n) is 9.97. The Balaban J connectivity index is 1.71. The lowest BCUT2D eigenvalue weighted by molar-refractivity contribution is -0.117. The summed E-state index contributed by atoms with van der Waals surface area (Å²) in [5.41, 5.74) is 3.07. The van der Waals surface area contributed by atoms with E-state index in [-0.39, 0.29) is 17.7 Å². The Morgan fingerprint density at radius 3 is 2.65 bits per heavy atom. The standard InChI is InChI=1S/C22H24N6O3/c1-23-22(30)15-12-24-19(26-21(29)13-7-8-13)11-18(15)25-17-6-4-5-14(20(17)31-3)16-9-10-28(2)27-16/h4-6,9-13H,7-8H2,1-3H3,(H,23,30)(H2,24,25,26,29). The summed E-state index contributed by atoms with van der Waals surface area (Å²) in [6.07, 6.45) is 5.09. The smallest absolute Gasteiger partial charge is 0.254 e. The second kappa shape index (κ2) is 8.47. The summed E-state index contributed by atoms with van der Waals surface area (Å²) in [6.45, 7) is 0. The number of aryl methyl sites for hydroxylation is 1. The Labute approximate surface area is 179 Å². The molecule has 1 fully saturated rings. The van der Waals surface area contributed by atoms with Crippen molar-refractivity contribution in [2.24, 2.45) is 13.0 Å². The number of nitrogens with zero attached hydrogens (tertiary/aromatic N) is 3. The molecular formula is C22H24N6O3. The van der Waals surface area contributed by atoms with E-state index >= 15 is 0 Å². The number of amides is 2. The van der Waals surface area contributed by atoms with Gasteiger partial charge in [-0.1, -0.05) is 6.07 Å². The van der Waals surface area contributed by atoms with Crippen LogP contribution in [0.25, 0.3) is 11.3 Å². The molecule has 0 atom stereocenters. The Hall–Kier alpha value is -3.88. The van der Waals surface area contributed by atoms with E-state index in [1.165, 1.54) is 6.20 Å². The molecule has 0 saturated heterocycles. The van der Waals surface area contributed by atoms with Gasteiger partial charge in [-0.05, 0) is 31.0 Å². The van der Waals surface area contributed by atoms with E-state index in [1.807, 2.05) is 37.5 Å². The molecule has 1 aliphatic rings. The molecule has 0 spiro atoms. The van der Waals surface area contributed by atoms with Crippen LogP contribution in [0.1, 0.15) is 23.2 Å². The van der Waals surface area contributed by atoms with Crippen molar-refractivity contribution in [2.75, 3.05) is 24.8 Å². The Morgan fingerprint density at radius 1 is 1.19 bits per heavy atom. The first kappa shape index (κ1) is 20.4. The minimum absolute atomic E-state index is 0.0481. The van der Waals surface area contributed by atoms with Crippen molar-refractivity contribution in [2.45, 2.75) is 12.8 Å². The fourth-order valence-electron chi connectivity index (χ4n) is 3.28. The van der Waals surface area contributed by atoms with Gasteiger partial charge in [-0.25, -0.2) is 4.98 Å². The van der Waals surface area contributed by atoms with Gasteiger partial charge in [0.05, 0.1) is 29.7 Å². The number of anilines is 3. The molecule has 31 heavy (non-hydrogen) atoms. The maximum absolute atomic E-state index is 12.4. The van der Waals surface area contributed by atoms with Gasteiger partial charge in [0.1, 0.15) is 5.82 Å². The van der Waals surface area contributed by atoms with Crippen LogP contribution in [0.4, 0.5) is 17.2 Å². The van der Waals surface area contributed by atoms with Crippen LogP contribution in [0, 0.1) is 5.92 Å². The van der Waals surface area contributed by atoms with Crippen LogP contribution < -0.4 is 20.7 Å². The average Bonchev–Trinajstić information content (AvgIpc) is 3.54. The summed E-state index contributed by atoms with van der Waals surface area (Å²) in [5.74, 6) is 0.666. The zero-order valence-corrected chi connectivity index (χ0v) is 17.6. The minimum atomic E-state index is -0.296. The van der Waals surface area contributed by atoms with Crippen molar-refractivity contribution >= 4 is 29.0 Å². The van der Waals surface area contributed by atoms with Crippen molar-refractivity contribution in [3.63, 3.8) is 0 Å². The molecule has 3 N–H and O–H groups in total. The highest BCUT2D eigenvalue weighted by Crippen LogP contribution is 2.38. The van der Waals surface area contributed by atoms with Gasteiger partial charge in [-0.15, -0.1) is 0 Å². The van der Waals surface area contributed by atoms with E-state index in [4.69, 9.17) is 4.74 Å². The summed E-state index contributed by atoms with van der Waals surface area (Å²) < 4.78 is 7.39. The van der Waals surface area contributed by atoms with E-state index in [0.717, 1.165) is 24.1 Å². The SMILES string of the molecule is CNC(=O)c1cnc(NC(=O)C2CC2)cc1Nc1cccc(-c2ccn(C)n2)c1OC. The van der Waals surface area contributed by atoms with E-state index in [0.29, 0.717) is 28.5 Å². The minimum Gasteiger partial charge on any atom is -0.494 e.